The SMILES string of the molecule is C1CCC1.CC.CNC. The predicted molar refractivity (Wildman–Crippen MR) is 44.8 cm³/mol. The topological polar surface area (TPSA) is 12.0 Å². The van der Waals surface area contributed by atoms with Crippen molar-refractivity contribution in [1.82, 2.24) is 5.32 Å². The summed E-state index contributed by atoms with van der Waals surface area (Å²) in [6, 6.07) is 0. The molecule has 0 aromatic carbocycles. The van der Waals surface area contributed by atoms with Crippen LogP contribution in [0, 0.1) is 0 Å². The van der Waals surface area contributed by atoms with Gasteiger partial charge in [-0.15, -0.1) is 0 Å². The standard InChI is InChI=1S/C4H8.C2H7N.C2H6/c1-2-4-3-1;1-3-2;1-2/h1-4H2;3H,1-2H3;1-2H3. The maximum atomic E-state index is 2.75. The van der Waals surface area contributed by atoms with E-state index in [0.717, 1.165) is 0 Å². The van der Waals surface area contributed by atoms with E-state index in [2.05, 4.69) is 5.32 Å². The van der Waals surface area contributed by atoms with Gasteiger partial charge >= 0.3 is 0 Å². The van der Waals surface area contributed by atoms with Gasteiger partial charge in [0.1, 0.15) is 0 Å². The Labute approximate surface area is 59.8 Å². The Hall–Kier alpha value is -0.0400. The van der Waals surface area contributed by atoms with Crippen molar-refractivity contribution < 1.29 is 0 Å². The summed E-state index contributed by atoms with van der Waals surface area (Å²) >= 11 is 0. The Balaban J connectivity index is 0. The molecule has 0 spiro atoms. The molecule has 1 heteroatoms. The van der Waals surface area contributed by atoms with E-state index < -0.39 is 0 Å². The molecule has 1 rings (SSSR count). The molecule has 1 nitrogen and oxygen atoms in total. The van der Waals surface area contributed by atoms with Gasteiger partial charge in [0.05, 0.1) is 0 Å². The van der Waals surface area contributed by atoms with Gasteiger partial charge in [0, 0.05) is 0 Å². The third kappa shape index (κ3) is 18.0. The van der Waals surface area contributed by atoms with Crippen molar-refractivity contribution in [3.8, 4) is 0 Å². The van der Waals surface area contributed by atoms with Crippen LogP contribution in [0.15, 0.2) is 0 Å². The van der Waals surface area contributed by atoms with Gasteiger partial charge < -0.3 is 5.32 Å². The number of hydrogen-bond acceptors (Lipinski definition) is 1. The van der Waals surface area contributed by atoms with Gasteiger partial charge in [-0.25, -0.2) is 0 Å². The van der Waals surface area contributed by atoms with Gasteiger partial charge in [0.15, 0.2) is 0 Å². The van der Waals surface area contributed by atoms with E-state index in [0.29, 0.717) is 0 Å². The number of hydrogen-bond donors (Lipinski definition) is 1. The van der Waals surface area contributed by atoms with E-state index in [1.807, 2.05) is 27.9 Å². The minimum atomic E-state index is 1.50. The van der Waals surface area contributed by atoms with E-state index in [1.54, 1.807) is 0 Å². The molecule has 1 aliphatic carbocycles. The van der Waals surface area contributed by atoms with E-state index in [9.17, 15) is 0 Å². The molecule has 0 aromatic heterocycles. The third-order valence-corrected chi connectivity index (χ3v) is 1.000. The van der Waals surface area contributed by atoms with E-state index in [4.69, 9.17) is 0 Å². The zero-order chi connectivity index (χ0) is 7.54. The molecule has 0 radical (unpaired) electrons. The molecule has 1 saturated carbocycles. The van der Waals surface area contributed by atoms with Crippen molar-refractivity contribution in [2.24, 2.45) is 0 Å². The maximum absolute atomic E-state index is 2.75. The quantitative estimate of drug-likeness (QED) is 0.532. The Bertz CT molecular complexity index is 19.7. The first-order valence-corrected chi connectivity index (χ1v) is 4.00. The van der Waals surface area contributed by atoms with Crippen LogP contribution in [0.4, 0.5) is 0 Å². The average Bonchev–Trinajstić information content (AvgIpc) is 1.68. The second kappa shape index (κ2) is 15.7. The third-order valence-electron chi connectivity index (χ3n) is 1.000. The monoisotopic (exact) mass is 131 g/mol. The van der Waals surface area contributed by atoms with Gasteiger partial charge in [-0.2, -0.15) is 0 Å². The highest BCUT2D eigenvalue weighted by molar-refractivity contribution is 4.50. The normalized spacial score (nSPS) is 13.3. The van der Waals surface area contributed by atoms with Crippen LogP contribution in [0.5, 0.6) is 0 Å². The molecule has 1 N–H and O–H groups in total. The molecule has 0 atom stereocenters. The smallest absolute Gasteiger partial charge is 0.0167 e. The fraction of sp³-hybridized carbons (Fsp3) is 1.00. The van der Waals surface area contributed by atoms with Crippen LogP contribution in [-0.4, -0.2) is 14.1 Å². The van der Waals surface area contributed by atoms with Gasteiger partial charge in [-0.3, -0.25) is 0 Å². The van der Waals surface area contributed by atoms with Crippen LogP contribution in [0.25, 0.3) is 0 Å². The van der Waals surface area contributed by atoms with Crippen LogP contribution in [-0.2, 0) is 0 Å². The molecule has 0 saturated heterocycles. The van der Waals surface area contributed by atoms with Gasteiger partial charge in [-0.05, 0) is 14.1 Å². The van der Waals surface area contributed by atoms with Gasteiger partial charge in [-0.1, -0.05) is 39.5 Å². The minimum Gasteiger partial charge on any atom is -0.323 e. The van der Waals surface area contributed by atoms with Crippen molar-refractivity contribution in [1.29, 1.82) is 0 Å². The summed E-state index contributed by atoms with van der Waals surface area (Å²) < 4.78 is 0. The molecule has 1 aliphatic rings. The van der Waals surface area contributed by atoms with Crippen molar-refractivity contribution >= 4 is 0 Å². The highest BCUT2D eigenvalue weighted by Gasteiger charge is 1.95. The van der Waals surface area contributed by atoms with Crippen LogP contribution < -0.4 is 5.32 Å². The summed E-state index contributed by atoms with van der Waals surface area (Å²) in [5.41, 5.74) is 0. The van der Waals surface area contributed by atoms with E-state index in [-0.39, 0.29) is 0 Å². The zero-order valence-electron chi connectivity index (χ0n) is 7.33. The van der Waals surface area contributed by atoms with Crippen molar-refractivity contribution in [3.05, 3.63) is 0 Å². The summed E-state index contributed by atoms with van der Waals surface area (Å²) in [6.07, 6.45) is 6.00. The number of nitrogens with one attached hydrogen (secondary N) is 1. The number of rotatable bonds is 0. The Morgan fingerprint density at radius 1 is 0.778 bits per heavy atom. The maximum Gasteiger partial charge on any atom is -0.0167 e. The molecule has 0 bridgehead atoms. The largest absolute Gasteiger partial charge is 0.323 e. The second-order valence-electron chi connectivity index (χ2n) is 1.91. The first-order valence-electron chi connectivity index (χ1n) is 4.00. The van der Waals surface area contributed by atoms with Gasteiger partial charge in [0.2, 0.25) is 0 Å². The lowest BCUT2D eigenvalue weighted by Crippen LogP contribution is -1.89. The Morgan fingerprint density at radius 2 is 0.889 bits per heavy atom. The fourth-order valence-electron chi connectivity index (χ4n) is 0.250. The summed E-state index contributed by atoms with van der Waals surface area (Å²) in [5, 5.41) is 2.75. The lowest BCUT2D eigenvalue weighted by molar-refractivity contribution is 0.504. The first-order chi connectivity index (χ1) is 4.41. The molecule has 0 amide bonds. The lowest BCUT2D eigenvalue weighted by Gasteiger charge is -2.05. The molecular formula is C8H21N. The first kappa shape index (κ1) is 11.7. The molecule has 0 unspecified atom stereocenters. The van der Waals surface area contributed by atoms with Crippen LogP contribution >= 0.6 is 0 Å². The van der Waals surface area contributed by atoms with Crippen LogP contribution in [0.1, 0.15) is 39.5 Å². The molecule has 0 heterocycles. The summed E-state index contributed by atoms with van der Waals surface area (Å²) in [4.78, 5) is 0. The Morgan fingerprint density at radius 3 is 0.889 bits per heavy atom. The van der Waals surface area contributed by atoms with Crippen molar-refractivity contribution in [3.63, 3.8) is 0 Å². The Kier molecular flexibility index (Phi) is 20.4. The van der Waals surface area contributed by atoms with Crippen LogP contribution in [0.3, 0.4) is 0 Å². The van der Waals surface area contributed by atoms with Crippen LogP contribution in [0.2, 0.25) is 0 Å². The lowest BCUT2D eigenvalue weighted by atomic mass is 10.0. The zero-order valence-corrected chi connectivity index (χ0v) is 7.33. The summed E-state index contributed by atoms with van der Waals surface area (Å²) in [6.45, 7) is 4.00. The minimum absolute atomic E-state index is 1.50. The highest BCUT2D eigenvalue weighted by Crippen LogP contribution is 2.15. The molecule has 1 fully saturated rings. The molecular weight excluding hydrogens is 110 g/mol. The second-order valence-corrected chi connectivity index (χ2v) is 1.91. The average molecular weight is 131 g/mol. The highest BCUT2D eigenvalue weighted by atomic mass is 14.7. The molecule has 0 aromatic rings. The van der Waals surface area contributed by atoms with Gasteiger partial charge in [0.25, 0.3) is 0 Å². The van der Waals surface area contributed by atoms with E-state index in [1.165, 1.54) is 25.7 Å². The fourth-order valence-corrected chi connectivity index (χ4v) is 0.250. The molecule has 9 heavy (non-hydrogen) atoms. The van der Waals surface area contributed by atoms with Crippen molar-refractivity contribution in [2.75, 3.05) is 14.1 Å². The molecule has 0 aliphatic heterocycles. The summed E-state index contributed by atoms with van der Waals surface area (Å²) in [7, 11) is 3.75. The van der Waals surface area contributed by atoms with Crippen molar-refractivity contribution in [2.45, 2.75) is 39.5 Å². The molecule has 58 valence electrons. The summed E-state index contributed by atoms with van der Waals surface area (Å²) in [5.74, 6) is 0. The predicted octanol–water partition coefficient (Wildman–Crippen LogP) is 2.42. The van der Waals surface area contributed by atoms with E-state index >= 15 is 0 Å².